The molecule has 6 rings (SSSR count). The quantitative estimate of drug-likeness (QED) is 0.229. The van der Waals surface area contributed by atoms with Gasteiger partial charge in [-0.1, -0.05) is 11.6 Å². The Labute approximate surface area is 235 Å². The van der Waals surface area contributed by atoms with E-state index < -0.39 is 12.0 Å². The minimum Gasteiger partial charge on any atom is -0.497 e. The molecule has 2 aromatic carbocycles. The maximum atomic E-state index is 14.2. The van der Waals surface area contributed by atoms with Crippen LogP contribution in [0, 0.1) is 6.92 Å². The number of hydrogen-bond acceptors (Lipinski definition) is 6. The first kappa shape index (κ1) is 25.8. The summed E-state index contributed by atoms with van der Waals surface area (Å²) in [5.41, 5.74) is 4.22. The Morgan fingerprint density at radius 3 is 2.62 bits per heavy atom. The smallest absolute Gasteiger partial charge is 0.303 e. The second-order valence-electron chi connectivity index (χ2n) is 9.75. The number of nitrogens with one attached hydrogen (secondary N) is 1. The summed E-state index contributed by atoms with van der Waals surface area (Å²) >= 11 is 6.05. The number of aryl methyl sites for hydroxylation is 1. The minimum absolute atomic E-state index is 0.0120. The molecule has 0 radical (unpaired) electrons. The van der Waals surface area contributed by atoms with Gasteiger partial charge in [0.05, 0.1) is 18.4 Å². The Morgan fingerprint density at radius 2 is 1.88 bits per heavy atom. The lowest BCUT2D eigenvalue weighted by atomic mass is 9.95. The van der Waals surface area contributed by atoms with Gasteiger partial charge in [-0.2, -0.15) is 0 Å². The predicted molar refractivity (Wildman–Crippen MR) is 150 cm³/mol. The predicted octanol–water partition coefficient (Wildman–Crippen LogP) is 6.84. The Kier molecular flexibility index (Phi) is 6.64. The van der Waals surface area contributed by atoms with Crippen molar-refractivity contribution in [2.24, 2.45) is 0 Å². The van der Waals surface area contributed by atoms with Crippen LogP contribution in [0.25, 0.3) is 22.2 Å². The Morgan fingerprint density at radius 1 is 1.07 bits per heavy atom. The van der Waals surface area contributed by atoms with Crippen molar-refractivity contribution in [1.29, 1.82) is 0 Å². The number of nitrogens with zero attached hydrogens (tertiary/aromatic N) is 1. The fourth-order valence-corrected chi connectivity index (χ4v) is 5.43. The number of methoxy groups -OCH3 is 1. The number of carbonyl (C=O) groups excluding carboxylic acids is 2. The highest BCUT2D eigenvalue weighted by Crippen LogP contribution is 2.41. The molecule has 1 atom stereocenters. The highest BCUT2D eigenvalue weighted by Gasteiger charge is 2.38. The number of aromatic amines is 1. The molecule has 0 aliphatic carbocycles. The van der Waals surface area contributed by atoms with Crippen molar-refractivity contribution < 1.29 is 27.9 Å². The van der Waals surface area contributed by atoms with E-state index in [4.69, 9.17) is 29.9 Å². The number of aromatic nitrogens is 1. The van der Waals surface area contributed by atoms with Crippen molar-refractivity contribution in [1.82, 2.24) is 9.88 Å². The monoisotopic (exact) mass is 558 g/mol. The molecule has 0 saturated heterocycles. The summed E-state index contributed by atoms with van der Waals surface area (Å²) in [7, 11) is 1.64. The maximum Gasteiger partial charge on any atom is 0.303 e. The van der Waals surface area contributed by atoms with Crippen LogP contribution in [-0.2, 0) is 22.6 Å². The molecule has 0 saturated carbocycles. The van der Waals surface area contributed by atoms with Crippen molar-refractivity contribution in [3.05, 3.63) is 99.8 Å². The summed E-state index contributed by atoms with van der Waals surface area (Å²) in [5, 5.41) is 1.67. The molecule has 9 heteroatoms. The maximum absolute atomic E-state index is 14.2. The molecule has 0 bridgehead atoms. The van der Waals surface area contributed by atoms with E-state index >= 15 is 0 Å². The molecule has 5 aromatic rings. The van der Waals surface area contributed by atoms with Crippen LogP contribution in [0.5, 0.6) is 5.75 Å². The summed E-state index contributed by atoms with van der Waals surface area (Å²) in [6.45, 7) is 3.61. The van der Waals surface area contributed by atoms with Crippen LogP contribution in [0.3, 0.4) is 0 Å². The average molecular weight is 559 g/mol. The number of furan rings is 2. The summed E-state index contributed by atoms with van der Waals surface area (Å²) in [4.78, 5) is 30.8. The SMILES string of the molecule is COc1ccc2[nH]c3c(c2c1)CCN(C(=O)c1cc(-c2ccc(Cl)cc2)oc1C)[C@@H]3c1ccc(COC(C)=O)o1. The zero-order chi connectivity index (χ0) is 28.0. The van der Waals surface area contributed by atoms with Gasteiger partial charge in [0, 0.05) is 35.0 Å². The molecule has 0 fully saturated rings. The summed E-state index contributed by atoms with van der Waals surface area (Å²) in [5.74, 6) is 2.36. The number of benzene rings is 2. The standard InChI is InChI=1S/C31H27ClN2O6/c1-17-24(15-28(39-17)19-4-6-20(32)7-5-19)31(36)34-13-12-23-25-14-21(37-3)8-10-26(25)33-29(23)30(34)27-11-9-22(40-27)16-38-18(2)35/h4-11,14-15,30,33H,12-13,16H2,1-3H3/t30-/m1/s1. The lowest BCUT2D eigenvalue weighted by Crippen LogP contribution is -2.40. The number of hydrogen-bond donors (Lipinski definition) is 1. The van der Waals surface area contributed by atoms with Crippen molar-refractivity contribution in [3.63, 3.8) is 0 Å². The first-order valence-electron chi connectivity index (χ1n) is 12.9. The molecule has 4 heterocycles. The molecular formula is C31H27ClN2O6. The molecule has 0 spiro atoms. The molecular weight excluding hydrogens is 532 g/mol. The van der Waals surface area contributed by atoms with Crippen molar-refractivity contribution >= 4 is 34.4 Å². The highest BCUT2D eigenvalue weighted by molar-refractivity contribution is 6.30. The number of ether oxygens (including phenoxy) is 2. The molecule has 1 N–H and O–H groups in total. The number of H-pyrrole nitrogens is 1. The fraction of sp³-hybridized carbons (Fsp3) is 0.226. The van der Waals surface area contributed by atoms with E-state index in [0.717, 1.165) is 33.5 Å². The van der Waals surface area contributed by atoms with E-state index in [0.29, 0.717) is 46.6 Å². The molecule has 1 aliphatic heterocycles. The lowest BCUT2D eigenvalue weighted by molar-refractivity contribution is -0.142. The van der Waals surface area contributed by atoms with Gasteiger partial charge in [-0.25, -0.2) is 0 Å². The van der Waals surface area contributed by atoms with Crippen LogP contribution in [0.2, 0.25) is 5.02 Å². The molecule has 0 unspecified atom stereocenters. The lowest BCUT2D eigenvalue weighted by Gasteiger charge is -2.34. The third kappa shape index (κ3) is 4.64. The Bertz CT molecular complexity index is 1730. The largest absolute Gasteiger partial charge is 0.497 e. The molecule has 204 valence electrons. The van der Waals surface area contributed by atoms with Gasteiger partial charge in [-0.15, -0.1) is 0 Å². The van der Waals surface area contributed by atoms with Crippen LogP contribution >= 0.6 is 11.6 Å². The van der Waals surface area contributed by atoms with E-state index in [2.05, 4.69) is 4.98 Å². The third-order valence-electron chi connectivity index (χ3n) is 7.24. The second-order valence-corrected chi connectivity index (χ2v) is 10.2. The van der Waals surface area contributed by atoms with Gasteiger partial charge in [0.1, 0.15) is 41.4 Å². The summed E-state index contributed by atoms with van der Waals surface area (Å²) in [6, 6.07) is 18.0. The fourth-order valence-electron chi connectivity index (χ4n) is 5.31. The van der Waals surface area contributed by atoms with Gasteiger partial charge in [-0.3, -0.25) is 9.59 Å². The highest BCUT2D eigenvalue weighted by atomic mass is 35.5. The van der Waals surface area contributed by atoms with Gasteiger partial charge in [0.15, 0.2) is 0 Å². The van der Waals surface area contributed by atoms with E-state index in [9.17, 15) is 9.59 Å². The second kappa shape index (κ2) is 10.3. The number of amides is 1. The van der Waals surface area contributed by atoms with Crippen LogP contribution < -0.4 is 4.74 Å². The third-order valence-corrected chi connectivity index (χ3v) is 7.49. The van der Waals surface area contributed by atoms with E-state index in [-0.39, 0.29) is 12.5 Å². The zero-order valence-electron chi connectivity index (χ0n) is 22.2. The molecule has 1 aliphatic rings. The van der Waals surface area contributed by atoms with Crippen LogP contribution in [0.15, 0.2) is 69.5 Å². The van der Waals surface area contributed by atoms with Gasteiger partial charge in [0.2, 0.25) is 0 Å². The first-order chi connectivity index (χ1) is 19.3. The Hall–Kier alpha value is -4.43. The van der Waals surface area contributed by atoms with Gasteiger partial charge >= 0.3 is 5.97 Å². The number of halogens is 1. The molecule has 3 aromatic heterocycles. The minimum atomic E-state index is -0.533. The van der Waals surface area contributed by atoms with Gasteiger partial charge in [-0.05, 0) is 79.6 Å². The van der Waals surface area contributed by atoms with Crippen LogP contribution in [0.1, 0.15) is 51.9 Å². The topological polar surface area (TPSA) is 97.9 Å². The van der Waals surface area contributed by atoms with E-state index in [1.54, 1.807) is 43.2 Å². The number of rotatable bonds is 6. The van der Waals surface area contributed by atoms with E-state index in [1.807, 2.05) is 36.4 Å². The van der Waals surface area contributed by atoms with Crippen LogP contribution in [0.4, 0.5) is 0 Å². The van der Waals surface area contributed by atoms with Gasteiger partial charge in [0.25, 0.3) is 5.91 Å². The zero-order valence-corrected chi connectivity index (χ0v) is 23.0. The van der Waals surface area contributed by atoms with Gasteiger partial charge < -0.3 is 28.2 Å². The van der Waals surface area contributed by atoms with E-state index in [1.165, 1.54) is 6.92 Å². The Balaban J connectivity index is 1.42. The van der Waals surface area contributed by atoms with Crippen molar-refractivity contribution in [2.45, 2.75) is 32.9 Å². The van der Waals surface area contributed by atoms with Crippen molar-refractivity contribution in [2.75, 3.05) is 13.7 Å². The molecule has 40 heavy (non-hydrogen) atoms. The van der Waals surface area contributed by atoms with Crippen molar-refractivity contribution in [3.8, 4) is 17.1 Å². The van der Waals surface area contributed by atoms with Crippen LogP contribution in [-0.4, -0.2) is 35.4 Å². The number of esters is 1. The summed E-state index contributed by atoms with van der Waals surface area (Å²) in [6.07, 6.45) is 0.646. The number of fused-ring (bicyclic) bond motifs is 3. The molecule has 8 nitrogen and oxygen atoms in total. The first-order valence-corrected chi connectivity index (χ1v) is 13.3. The summed E-state index contributed by atoms with van der Waals surface area (Å²) < 4.78 is 22.8. The number of carbonyl (C=O) groups is 2. The molecule has 1 amide bonds. The average Bonchev–Trinajstić information content (AvgIpc) is 3.67. The normalized spacial score (nSPS) is 14.8.